The monoisotopic (exact) mass is 365 g/mol. The molecular weight excluding hydrogens is 346 g/mol. The van der Waals surface area contributed by atoms with Crippen molar-refractivity contribution in [1.29, 1.82) is 0 Å². The Morgan fingerprint density at radius 3 is 2.54 bits per heavy atom. The fraction of sp³-hybridized carbons (Fsp3) is 0.294. The highest BCUT2D eigenvalue weighted by Gasteiger charge is 2.36. The number of anilines is 2. The van der Waals surface area contributed by atoms with E-state index in [2.05, 4.69) is 16.0 Å². The molecule has 1 fully saturated rings. The summed E-state index contributed by atoms with van der Waals surface area (Å²) in [5, 5.41) is 10.9. The van der Waals surface area contributed by atoms with E-state index < -0.39 is 0 Å². The van der Waals surface area contributed by atoms with Crippen molar-refractivity contribution >= 4 is 46.9 Å². The van der Waals surface area contributed by atoms with Gasteiger partial charge >= 0.3 is 0 Å². The maximum absolute atomic E-state index is 12.4. The van der Waals surface area contributed by atoms with Crippen LogP contribution in [-0.4, -0.2) is 24.9 Å². The molecule has 128 valence electrons. The Morgan fingerprint density at radius 2 is 1.92 bits per heavy atom. The zero-order valence-corrected chi connectivity index (χ0v) is 14.9. The van der Waals surface area contributed by atoms with Crippen molar-refractivity contribution in [2.75, 3.05) is 23.7 Å². The third-order valence-electron chi connectivity index (χ3n) is 4.04. The fourth-order valence-electron chi connectivity index (χ4n) is 2.57. The second-order valence-electron chi connectivity index (χ2n) is 5.95. The van der Waals surface area contributed by atoms with Gasteiger partial charge in [-0.1, -0.05) is 12.1 Å². The molecule has 2 aromatic rings. The molecule has 1 atom stereocenters. The minimum Gasteiger partial charge on any atom is -0.326 e. The Hall–Kier alpha value is -1.89. The molecule has 1 saturated heterocycles. The number of nitrogens with one attached hydrogen (secondary N) is 3. The number of hydrogen-bond acceptors (Lipinski definition) is 4. The highest BCUT2D eigenvalue weighted by Crippen LogP contribution is 2.27. The van der Waals surface area contributed by atoms with Gasteiger partial charge in [0.2, 0.25) is 5.91 Å². The van der Waals surface area contributed by atoms with Gasteiger partial charge in [0.05, 0.1) is 10.3 Å². The summed E-state index contributed by atoms with van der Waals surface area (Å²) in [6, 6.07) is 10.8. The first kappa shape index (κ1) is 18.4. The topological polar surface area (TPSA) is 70.2 Å². The predicted molar refractivity (Wildman–Crippen MR) is 100 cm³/mol. The number of amides is 2. The first-order valence-corrected chi connectivity index (χ1v) is 8.42. The Kier molecular flexibility index (Phi) is 5.99. The van der Waals surface area contributed by atoms with E-state index in [4.69, 9.17) is 0 Å². The van der Waals surface area contributed by atoms with Crippen LogP contribution in [0.25, 0.3) is 0 Å². The second kappa shape index (κ2) is 7.79. The third-order valence-corrected chi connectivity index (χ3v) is 4.91. The molecule has 1 aliphatic rings. The number of carbonyl (C=O) groups is 2. The molecule has 1 unspecified atom stereocenters. The van der Waals surface area contributed by atoms with Crippen LogP contribution in [0.5, 0.6) is 0 Å². The number of benzene rings is 1. The first-order chi connectivity index (χ1) is 11.1. The van der Waals surface area contributed by atoms with Gasteiger partial charge < -0.3 is 16.0 Å². The summed E-state index contributed by atoms with van der Waals surface area (Å²) in [5.74, 6) is -0.139. The molecule has 3 N–H and O–H groups in total. The minimum absolute atomic E-state index is 0. The van der Waals surface area contributed by atoms with E-state index in [-0.39, 0.29) is 29.6 Å². The van der Waals surface area contributed by atoms with Gasteiger partial charge in [-0.2, -0.15) is 0 Å². The van der Waals surface area contributed by atoms with Crippen molar-refractivity contribution < 1.29 is 9.59 Å². The van der Waals surface area contributed by atoms with Crippen LogP contribution < -0.4 is 16.0 Å². The third kappa shape index (κ3) is 4.14. The predicted octanol–water partition coefficient (Wildman–Crippen LogP) is 3.36. The normalized spacial score (nSPS) is 19.4. The van der Waals surface area contributed by atoms with Crippen LogP contribution in [-0.2, 0) is 4.79 Å². The molecule has 1 aliphatic heterocycles. The fourth-order valence-corrected chi connectivity index (χ4v) is 3.19. The van der Waals surface area contributed by atoms with Crippen molar-refractivity contribution in [2.45, 2.75) is 13.3 Å². The van der Waals surface area contributed by atoms with E-state index in [1.807, 2.05) is 30.5 Å². The summed E-state index contributed by atoms with van der Waals surface area (Å²) in [5.41, 5.74) is 0.971. The highest BCUT2D eigenvalue weighted by molar-refractivity contribution is 7.12. The van der Waals surface area contributed by atoms with Crippen LogP contribution in [0.15, 0.2) is 41.8 Å². The lowest BCUT2D eigenvalue weighted by Crippen LogP contribution is -2.35. The van der Waals surface area contributed by atoms with Crippen LogP contribution in [0, 0.1) is 5.41 Å². The van der Waals surface area contributed by atoms with Crippen LogP contribution in [0.3, 0.4) is 0 Å². The van der Waals surface area contributed by atoms with Crippen molar-refractivity contribution in [2.24, 2.45) is 5.41 Å². The maximum Gasteiger partial charge on any atom is 0.265 e. The van der Waals surface area contributed by atoms with E-state index in [0.29, 0.717) is 22.8 Å². The van der Waals surface area contributed by atoms with Gasteiger partial charge in [0, 0.05) is 17.9 Å². The summed E-state index contributed by atoms with van der Waals surface area (Å²) < 4.78 is 0. The second-order valence-corrected chi connectivity index (χ2v) is 6.90. The van der Waals surface area contributed by atoms with Crippen LogP contribution in [0.4, 0.5) is 11.4 Å². The highest BCUT2D eigenvalue weighted by atomic mass is 35.5. The van der Waals surface area contributed by atoms with Crippen LogP contribution in [0.2, 0.25) is 0 Å². The van der Waals surface area contributed by atoms with Crippen molar-refractivity contribution in [3.8, 4) is 0 Å². The van der Waals surface area contributed by atoms with Gasteiger partial charge in [0.25, 0.3) is 5.91 Å². The lowest BCUT2D eigenvalue weighted by atomic mass is 9.89. The number of thiophene rings is 1. The zero-order chi connectivity index (χ0) is 16.3. The molecule has 2 amide bonds. The molecule has 2 heterocycles. The standard InChI is InChI=1S/C17H19N3O2S.ClH/c1-17(7-8-18-11-17)16(22)20-13-5-2-4-12(10-13)19-15(21)14-6-3-9-23-14;/h2-6,9-10,18H,7-8,11H2,1H3,(H,19,21)(H,20,22);1H. The number of carbonyl (C=O) groups excluding carboxylic acids is 2. The maximum atomic E-state index is 12.4. The van der Waals surface area contributed by atoms with Gasteiger partial charge in [-0.05, 0) is 49.5 Å². The van der Waals surface area contributed by atoms with Crippen LogP contribution in [0.1, 0.15) is 23.0 Å². The zero-order valence-electron chi connectivity index (χ0n) is 13.3. The molecule has 1 aromatic carbocycles. The molecule has 1 aromatic heterocycles. The van der Waals surface area contributed by atoms with Crippen molar-refractivity contribution in [3.63, 3.8) is 0 Å². The largest absolute Gasteiger partial charge is 0.326 e. The van der Waals surface area contributed by atoms with E-state index in [1.54, 1.807) is 18.2 Å². The van der Waals surface area contributed by atoms with E-state index in [1.165, 1.54) is 11.3 Å². The molecule has 0 bridgehead atoms. The van der Waals surface area contributed by atoms with Gasteiger partial charge in [-0.15, -0.1) is 23.7 Å². The Labute approximate surface area is 151 Å². The quantitative estimate of drug-likeness (QED) is 0.778. The average molecular weight is 366 g/mol. The molecule has 0 spiro atoms. The number of halogens is 1. The lowest BCUT2D eigenvalue weighted by Gasteiger charge is -2.21. The Bertz CT molecular complexity index is 712. The molecule has 0 radical (unpaired) electrons. The summed E-state index contributed by atoms with van der Waals surface area (Å²) in [6.45, 7) is 3.51. The smallest absolute Gasteiger partial charge is 0.265 e. The lowest BCUT2D eigenvalue weighted by molar-refractivity contribution is -0.123. The van der Waals surface area contributed by atoms with Crippen LogP contribution >= 0.6 is 23.7 Å². The summed E-state index contributed by atoms with van der Waals surface area (Å²) >= 11 is 1.39. The number of rotatable bonds is 4. The molecule has 7 heteroatoms. The van der Waals surface area contributed by atoms with E-state index in [0.717, 1.165) is 13.0 Å². The molecule has 24 heavy (non-hydrogen) atoms. The van der Waals surface area contributed by atoms with Gasteiger partial charge in [-0.25, -0.2) is 0 Å². The molecule has 0 saturated carbocycles. The van der Waals surface area contributed by atoms with Crippen molar-refractivity contribution in [1.82, 2.24) is 5.32 Å². The molecule has 0 aliphatic carbocycles. The van der Waals surface area contributed by atoms with E-state index >= 15 is 0 Å². The Morgan fingerprint density at radius 1 is 1.17 bits per heavy atom. The molecule has 3 rings (SSSR count). The van der Waals surface area contributed by atoms with Gasteiger partial charge in [0.1, 0.15) is 0 Å². The van der Waals surface area contributed by atoms with Crippen molar-refractivity contribution in [3.05, 3.63) is 46.7 Å². The van der Waals surface area contributed by atoms with Gasteiger partial charge in [-0.3, -0.25) is 9.59 Å². The number of hydrogen-bond donors (Lipinski definition) is 3. The molecule has 5 nitrogen and oxygen atoms in total. The summed E-state index contributed by atoms with van der Waals surface area (Å²) in [4.78, 5) is 25.1. The minimum atomic E-state index is -0.379. The summed E-state index contributed by atoms with van der Waals surface area (Å²) in [6.07, 6.45) is 0.827. The summed E-state index contributed by atoms with van der Waals surface area (Å²) in [7, 11) is 0. The van der Waals surface area contributed by atoms with E-state index in [9.17, 15) is 9.59 Å². The molecular formula is C17H20ClN3O2S. The first-order valence-electron chi connectivity index (χ1n) is 7.54. The Balaban J connectivity index is 0.00000208. The SMILES string of the molecule is CC1(C(=O)Nc2cccc(NC(=O)c3cccs3)c2)CCNC1.Cl. The van der Waals surface area contributed by atoms with Gasteiger partial charge in [0.15, 0.2) is 0 Å². The average Bonchev–Trinajstić information content (AvgIpc) is 3.19.